The van der Waals surface area contributed by atoms with E-state index in [1.807, 2.05) is 0 Å². The van der Waals surface area contributed by atoms with Crippen molar-refractivity contribution < 1.29 is 43.9 Å². The fourth-order valence-corrected chi connectivity index (χ4v) is 7.95. The first-order valence-electron chi connectivity index (χ1n) is 27.7. The molecule has 0 aliphatic rings. The van der Waals surface area contributed by atoms with Gasteiger partial charge >= 0.3 is 17.9 Å². The molecule has 0 aromatic heterocycles. The normalized spacial score (nSPS) is 13.7. The largest absolute Gasteiger partial charge is 0.462 e. The van der Waals surface area contributed by atoms with Gasteiger partial charge in [0, 0.05) is 19.3 Å². The summed E-state index contributed by atoms with van der Waals surface area (Å²) < 4.78 is 16.7. The average Bonchev–Trinajstić information content (AvgIpc) is 3.30. The van der Waals surface area contributed by atoms with Gasteiger partial charge in [-0.2, -0.15) is 0 Å². The molecule has 0 aliphatic carbocycles. The van der Waals surface area contributed by atoms with Crippen LogP contribution >= 0.6 is 0 Å². The number of esters is 3. The second-order valence-electron chi connectivity index (χ2n) is 19.0. The molecule has 9 heteroatoms. The minimum Gasteiger partial charge on any atom is -0.462 e. The molecule has 1 unspecified atom stereocenters. The molecule has 4 atom stereocenters. The van der Waals surface area contributed by atoms with Crippen LogP contribution in [0.3, 0.4) is 0 Å². The maximum atomic E-state index is 12.8. The minimum atomic E-state index is -0.836. The van der Waals surface area contributed by atoms with Crippen LogP contribution in [0.4, 0.5) is 0 Å². The number of rotatable bonds is 50. The summed E-state index contributed by atoms with van der Waals surface area (Å²) in [7, 11) is 0. The van der Waals surface area contributed by atoms with Crippen molar-refractivity contribution >= 4 is 17.9 Å². The van der Waals surface area contributed by atoms with E-state index in [4.69, 9.17) is 14.2 Å². The molecule has 0 bridgehead atoms. The van der Waals surface area contributed by atoms with E-state index in [1.165, 1.54) is 57.8 Å². The van der Waals surface area contributed by atoms with Crippen LogP contribution in [0.25, 0.3) is 0 Å². The second kappa shape index (κ2) is 50.4. The standard InChI is InChI=1S/C57H104O9/c1-4-7-10-31-40-51(58)43-34-25-19-13-16-22-28-37-46-55(61)64-49-54(66-57(63)48-39-30-24-18-15-21-27-36-45-53(60)42-33-12-9-6-3)50-65-56(62)47-38-29-23-17-14-20-26-35-44-52(59)41-32-11-8-5-2/h25-27,34-36,51-54,58-60H,4-24,28-33,37-50H2,1-3H3/b34-25+,35-26+,36-27+/t51-,52+,53-,54?/m0/s1. The second-order valence-corrected chi connectivity index (χ2v) is 19.0. The number of allylic oxidation sites excluding steroid dienone is 3. The van der Waals surface area contributed by atoms with Crippen molar-refractivity contribution in [1.29, 1.82) is 0 Å². The topological polar surface area (TPSA) is 140 Å². The highest BCUT2D eigenvalue weighted by Gasteiger charge is 2.19. The van der Waals surface area contributed by atoms with Crippen LogP contribution in [0.1, 0.15) is 271 Å². The molecule has 0 radical (unpaired) electrons. The summed E-state index contributed by atoms with van der Waals surface area (Å²) in [6, 6.07) is 0. The van der Waals surface area contributed by atoms with Crippen LogP contribution < -0.4 is 0 Å². The van der Waals surface area contributed by atoms with E-state index >= 15 is 0 Å². The third-order valence-electron chi connectivity index (χ3n) is 12.3. The van der Waals surface area contributed by atoms with E-state index in [-0.39, 0.29) is 55.9 Å². The lowest BCUT2D eigenvalue weighted by Crippen LogP contribution is -2.30. The van der Waals surface area contributed by atoms with E-state index in [0.29, 0.717) is 19.3 Å². The first-order valence-corrected chi connectivity index (χ1v) is 27.7. The summed E-state index contributed by atoms with van der Waals surface area (Å²) in [6.07, 6.45) is 48.9. The number of aliphatic hydroxyl groups excluding tert-OH is 3. The Labute approximate surface area is 405 Å². The third-order valence-corrected chi connectivity index (χ3v) is 12.3. The van der Waals surface area contributed by atoms with Gasteiger partial charge in [0.25, 0.3) is 0 Å². The van der Waals surface area contributed by atoms with Crippen LogP contribution in [-0.4, -0.2) is 70.9 Å². The molecule has 0 spiro atoms. The monoisotopic (exact) mass is 933 g/mol. The molecule has 3 N–H and O–H groups in total. The molecule has 0 heterocycles. The number of aliphatic hydroxyl groups is 3. The molecule has 0 fully saturated rings. The highest BCUT2D eigenvalue weighted by atomic mass is 16.6. The van der Waals surface area contributed by atoms with Crippen LogP contribution in [0.2, 0.25) is 0 Å². The summed E-state index contributed by atoms with van der Waals surface area (Å²) in [5, 5.41) is 30.4. The van der Waals surface area contributed by atoms with Gasteiger partial charge in [-0.1, -0.05) is 192 Å². The van der Waals surface area contributed by atoms with Crippen LogP contribution in [0.5, 0.6) is 0 Å². The van der Waals surface area contributed by atoms with Gasteiger partial charge in [-0.25, -0.2) is 0 Å². The minimum absolute atomic E-state index is 0.132. The molecular formula is C57H104O9. The zero-order valence-corrected chi connectivity index (χ0v) is 43.1. The van der Waals surface area contributed by atoms with Gasteiger partial charge in [-0.3, -0.25) is 14.4 Å². The molecule has 0 amide bonds. The maximum Gasteiger partial charge on any atom is 0.306 e. The van der Waals surface area contributed by atoms with Gasteiger partial charge in [-0.05, 0) is 96.3 Å². The molecule has 386 valence electrons. The number of hydrogen-bond donors (Lipinski definition) is 3. The zero-order valence-electron chi connectivity index (χ0n) is 43.1. The third kappa shape index (κ3) is 48.0. The molecule has 0 aliphatic heterocycles. The number of carbonyl (C=O) groups is 3. The first-order chi connectivity index (χ1) is 32.2. The highest BCUT2D eigenvalue weighted by Crippen LogP contribution is 2.15. The SMILES string of the molecule is CCCCCC[C@H](O)C/C=C/CCCCCCCC(=O)OCC(COC(=O)CCCCCCC/C=C/C[C@H](O)CCCCCC)OC(=O)CCCCCCC/C=C/C[C@@H](O)CCCCCC. The van der Waals surface area contributed by atoms with Crippen molar-refractivity contribution in [2.45, 2.75) is 296 Å². The van der Waals surface area contributed by atoms with Crippen molar-refractivity contribution in [3.05, 3.63) is 36.5 Å². The Kier molecular flexibility index (Phi) is 48.5. The van der Waals surface area contributed by atoms with E-state index in [2.05, 4.69) is 57.2 Å². The van der Waals surface area contributed by atoms with E-state index in [9.17, 15) is 29.7 Å². The maximum absolute atomic E-state index is 12.8. The molecule has 0 saturated heterocycles. The van der Waals surface area contributed by atoms with Gasteiger partial charge in [0.1, 0.15) is 13.2 Å². The summed E-state index contributed by atoms with van der Waals surface area (Å²) in [6.45, 7) is 6.33. The Morgan fingerprint density at radius 3 is 0.985 bits per heavy atom. The van der Waals surface area contributed by atoms with Crippen LogP contribution in [0, 0.1) is 0 Å². The Balaban J connectivity index is 4.51. The quantitative estimate of drug-likeness (QED) is 0.0235. The number of unbranched alkanes of at least 4 members (excludes halogenated alkanes) is 24. The Bertz CT molecular complexity index is 1110. The average molecular weight is 933 g/mol. The predicted octanol–water partition coefficient (Wildman–Crippen LogP) is 15.0. The van der Waals surface area contributed by atoms with Crippen LogP contribution in [0.15, 0.2) is 36.5 Å². The van der Waals surface area contributed by atoms with Crippen molar-refractivity contribution in [1.82, 2.24) is 0 Å². The molecule has 0 aromatic rings. The van der Waals surface area contributed by atoms with Crippen LogP contribution in [-0.2, 0) is 28.6 Å². The van der Waals surface area contributed by atoms with Gasteiger partial charge in [0.05, 0.1) is 18.3 Å². The van der Waals surface area contributed by atoms with E-state index in [0.717, 1.165) is 167 Å². The predicted molar refractivity (Wildman–Crippen MR) is 274 cm³/mol. The Morgan fingerprint density at radius 1 is 0.364 bits per heavy atom. The lowest BCUT2D eigenvalue weighted by atomic mass is 10.1. The first kappa shape index (κ1) is 63.5. The van der Waals surface area contributed by atoms with Crippen molar-refractivity contribution in [2.24, 2.45) is 0 Å². The van der Waals surface area contributed by atoms with Gasteiger partial charge in [0.15, 0.2) is 6.10 Å². The smallest absolute Gasteiger partial charge is 0.306 e. The Hall–Kier alpha value is -2.49. The number of hydrogen-bond acceptors (Lipinski definition) is 9. The summed E-state index contributed by atoms with van der Waals surface area (Å²) in [4.78, 5) is 38.1. The molecule has 0 rings (SSSR count). The van der Waals surface area contributed by atoms with Crippen molar-refractivity contribution in [3.8, 4) is 0 Å². The zero-order chi connectivity index (χ0) is 48.4. The summed E-state index contributed by atoms with van der Waals surface area (Å²) in [5.74, 6) is -1.04. The Morgan fingerprint density at radius 2 is 0.652 bits per heavy atom. The fraction of sp³-hybridized carbons (Fsp3) is 0.842. The van der Waals surface area contributed by atoms with Gasteiger partial charge in [-0.15, -0.1) is 0 Å². The van der Waals surface area contributed by atoms with E-state index < -0.39 is 6.10 Å². The molecule has 9 nitrogen and oxygen atoms in total. The van der Waals surface area contributed by atoms with Gasteiger partial charge < -0.3 is 29.5 Å². The fourth-order valence-electron chi connectivity index (χ4n) is 7.95. The number of ether oxygens (including phenoxy) is 3. The highest BCUT2D eigenvalue weighted by molar-refractivity contribution is 5.71. The lowest BCUT2D eigenvalue weighted by molar-refractivity contribution is -0.167. The van der Waals surface area contributed by atoms with Gasteiger partial charge in [0.2, 0.25) is 0 Å². The van der Waals surface area contributed by atoms with Crippen molar-refractivity contribution in [2.75, 3.05) is 13.2 Å². The molecule has 0 saturated carbocycles. The number of carbonyl (C=O) groups excluding carboxylic acids is 3. The van der Waals surface area contributed by atoms with Crippen molar-refractivity contribution in [3.63, 3.8) is 0 Å². The summed E-state index contributed by atoms with van der Waals surface area (Å²) >= 11 is 0. The van der Waals surface area contributed by atoms with E-state index in [1.54, 1.807) is 0 Å². The lowest BCUT2D eigenvalue weighted by Gasteiger charge is -2.18. The molecular weight excluding hydrogens is 829 g/mol. The molecule has 0 aromatic carbocycles. The molecule has 66 heavy (non-hydrogen) atoms. The summed E-state index contributed by atoms with van der Waals surface area (Å²) in [5.41, 5.74) is 0.